The molecule has 1 aliphatic rings. The molecule has 0 aliphatic heterocycles. The van der Waals surface area contributed by atoms with Crippen LogP contribution in [0.1, 0.15) is 134 Å². The number of hydrogen-bond acceptors (Lipinski definition) is 13. The van der Waals surface area contributed by atoms with Gasteiger partial charge in [0.05, 0.1) is 33.7 Å². The fourth-order valence-corrected chi connectivity index (χ4v) is 8.07. The summed E-state index contributed by atoms with van der Waals surface area (Å²) in [5, 5.41) is 0. The molecule has 3 rings (SSSR count). The van der Waals surface area contributed by atoms with E-state index >= 15 is 0 Å². The molecule has 0 spiro atoms. The number of rotatable bonds is 30. The second-order valence-electron chi connectivity index (χ2n) is 18.0. The number of unbranched alkanes of at least 4 members (excludes halogenated alkanes) is 4. The highest BCUT2D eigenvalue weighted by Crippen LogP contribution is 2.40. The lowest BCUT2D eigenvalue weighted by Gasteiger charge is -2.32. The minimum atomic E-state index is -1.55. The fraction of sp³-hybridized carbons (Fsp3) is 0.527. The highest BCUT2D eigenvalue weighted by molar-refractivity contribution is 5.94. The van der Waals surface area contributed by atoms with Crippen LogP contribution in [0.15, 0.2) is 85.0 Å². The maximum absolute atomic E-state index is 13.1. The zero-order chi connectivity index (χ0) is 50.2. The zero-order valence-electron chi connectivity index (χ0n) is 41.4. The average molecular weight is 943 g/mol. The molecule has 0 bridgehead atoms. The van der Waals surface area contributed by atoms with E-state index in [1.807, 2.05) is 18.2 Å². The van der Waals surface area contributed by atoms with Gasteiger partial charge in [-0.3, -0.25) is 9.59 Å². The number of esters is 6. The van der Waals surface area contributed by atoms with Crippen LogP contribution in [-0.4, -0.2) is 83.1 Å². The molecule has 2 aromatic carbocycles. The van der Waals surface area contributed by atoms with Crippen molar-refractivity contribution in [1.82, 2.24) is 0 Å². The summed E-state index contributed by atoms with van der Waals surface area (Å²) in [5.41, 5.74) is 3.90. The Morgan fingerprint density at radius 1 is 0.618 bits per heavy atom. The lowest BCUT2D eigenvalue weighted by Crippen LogP contribution is -2.44. The first-order valence-electron chi connectivity index (χ1n) is 23.8. The van der Waals surface area contributed by atoms with Crippen molar-refractivity contribution in [2.24, 2.45) is 11.3 Å². The second-order valence-corrected chi connectivity index (χ2v) is 18.0. The third kappa shape index (κ3) is 18.6. The molecule has 0 atom stereocenters. The molecule has 0 heterocycles. The van der Waals surface area contributed by atoms with Gasteiger partial charge in [0.1, 0.15) is 37.6 Å². The first-order chi connectivity index (χ1) is 32.5. The molecule has 0 N–H and O–H groups in total. The summed E-state index contributed by atoms with van der Waals surface area (Å²) in [7, 11) is 2.30. The number of carbonyl (C=O) groups is 6. The summed E-state index contributed by atoms with van der Waals surface area (Å²) in [6.07, 6.45) is 13.5. The highest BCUT2D eigenvalue weighted by Gasteiger charge is 2.38. The standard InChI is InChI=1S/C55H74O13/c1-11-13-14-15-16-18-41-20-22-43(23-21-41)44-24-26-47(42(12-2)31-44)45-25-27-48(46(32-45)19-17-28-64-51(58)37(3)4)65-33-55(36-68-52(59)38(5)6,34-66-49(56)29-39(7)53(60)62-9)35-67-50(57)30-40(8)54(61)63-10/h24-27,31-32,41,43H,3,5,7-8,11-23,28-30,33-36H2,1-2,4,6,9-10H3. The maximum Gasteiger partial charge on any atom is 0.333 e. The Kier molecular flexibility index (Phi) is 24.1. The molecule has 2 aromatic rings. The number of benzene rings is 2. The van der Waals surface area contributed by atoms with E-state index in [1.165, 1.54) is 82.3 Å². The Bertz CT molecular complexity index is 2060. The van der Waals surface area contributed by atoms with Crippen molar-refractivity contribution >= 4 is 35.8 Å². The third-order valence-electron chi connectivity index (χ3n) is 12.2. The molecule has 13 heteroatoms. The number of aryl methyl sites for hydroxylation is 2. The predicted octanol–water partition coefficient (Wildman–Crippen LogP) is 10.4. The van der Waals surface area contributed by atoms with Crippen molar-refractivity contribution in [3.05, 3.63) is 102 Å². The summed E-state index contributed by atoms with van der Waals surface area (Å²) >= 11 is 0. The van der Waals surface area contributed by atoms with Gasteiger partial charge in [-0.2, -0.15) is 0 Å². The Morgan fingerprint density at radius 2 is 1.19 bits per heavy atom. The largest absolute Gasteiger partial charge is 0.492 e. The molecule has 0 aromatic heterocycles. The fourth-order valence-electron chi connectivity index (χ4n) is 8.07. The van der Waals surface area contributed by atoms with Gasteiger partial charge in [0.25, 0.3) is 0 Å². The van der Waals surface area contributed by atoms with Gasteiger partial charge < -0.3 is 33.2 Å². The SMILES string of the molecule is C=C(C)C(=O)OCCCc1cc(-c2ccc(C3CCC(CCCCCCC)CC3)cc2CC)ccc1OCC(COC(=O)CC(=C)C(=O)OC)(COC(=O)CC(=C)C(=O)OC)COC(=O)C(=C)C. The predicted molar refractivity (Wildman–Crippen MR) is 261 cm³/mol. The number of carbonyl (C=O) groups excluding carboxylic acids is 6. The van der Waals surface area contributed by atoms with Crippen LogP contribution in [0.2, 0.25) is 0 Å². The van der Waals surface area contributed by atoms with E-state index in [0.29, 0.717) is 24.5 Å². The van der Waals surface area contributed by atoms with Gasteiger partial charge in [-0.25, -0.2) is 19.2 Å². The summed E-state index contributed by atoms with van der Waals surface area (Å²) in [5.74, 6) is -2.84. The Morgan fingerprint density at radius 3 is 1.75 bits per heavy atom. The molecule has 1 fully saturated rings. The molecule has 372 valence electrons. The molecule has 1 aliphatic carbocycles. The van der Waals surface area contributed by atoms with Crippen LogP contribution in [0.25, 0.3) is 11.1 Å². The van der Waals surface area contributed by atoms with E-state index in [9.17, 15) is 28.8 Å². The molecule has 1 saturated carbocycles. The normalized spacial score (nSPS) is 14.4. The number of ether oxygens (including phenoxy) is 7. The molecule has 0 radical (unpaired) electrons. The summed E-state index contributed by atoms with van der Waals surface area (Å²) < 4.78 is 38.1. The van der Waals surface area contributed by atoms with Crippen LogP contribution in [-0.2, 0) is 70.0 Å². The van der Waals surface area contributed by atoms with Crippen LogP contribution in [0.4, 0.5) is 0 Å². The first kappa shape index (κ1) is 56.3. The van der Waals surface area contributed by atoms with Gasteiger partial charge in [-0.15, -0.1) is 0 Å². The van der Waals surface area contributed by atoms with E-state index in [2.05, 4.69) is 67.8 Å². The minimum Gasteiger partial charge on any atom is -0.492 e. The van der Waals surface area contributed by atoms with Crippen molar-refractivity contribution in [3.8, 4) is 16.9 Å². The van der Waals surface area contributed by atoms with Gasteiger partial charge in [0.15, 0.2) is 0 Å². The monoisotopic (exact) mass is 943 g/mol. The van der Waals surface area contributed by atoms with Gasteiger partial charge >= 0.3 is 35.8 Å². The van der Waals surface area contributed by atoms with E-state index in [-0.39, 0.29) is 35.5 Å². The van der Waals surface area contributed by atoms with Crippen molar-refractivity contribution in [2.45, 2.75) is 130 Å². The van der Waals surface area contributed by atoms with Crippen molar-refractivity contribution in [1.29, 1.82) is 0 Å². The summed E-state index contributed by atoms with van der Waals surface area (Å²) in [4.78, 5) is 75.2. The van der Waals surface area contributed by atoms with E-state index in [1.54, 1.807) is 6.92 Å². The molecule has 0 saturated heterocycles. The van der Waals surface area contributed by atoms with Gasteiger partial charge in [-0.05, 0) is 111 Å². The Hall–Kier alpha value is -5.98. The van der Waals surface area contributed by atoms with Crippen LogP contribution in [0.3, 0.4) is 0 Å². The van der Waals surface area contributed by atoms with Crippen LogP contribution in [0.5, 0.6) is 5.75 Å². The van der Waals surface area contributed by atoms with Crippen LogP contribution >= 0.6 is 0 Å². The Labute approximate surface area is 403 Å². The first-order valence-corrected chi connectivity index (χ1v) is 23.8. The van der Waals surface area contributed by atoms with Gasteiger partial charge in [0.2, 0.25) is 0 Å². The smallest absolute Gasteiger partial charge is 0.333 e. The second kappa shape index (κ2) is 29.0. The van der Waals surface area contributed by atoms with E-state index < -0.39 is 73.9 Å². The molecule has 0 unspecified atom stereocenters. The van der Waals surface area contributed by atoms with E-state index in [0.717, 1.165) is 43.2 Å². The number of methoxy groups -OCH3 is 2. The quantitative estimate of drug-likeness (QED) is 0.0314. The molecule has 0 amide bonds. The molecule has 68 heavy (non-hydrogen) atoms. The Balaban J connectivity index is 1.99. The zero-order valence-corrected chi connectivity index (χ0v) is 41.4. The lowest BCUT2D eigenvalue weighted by atomic mass is 9.76. The summed E-state index contributed by atoms with van der Waals surface area (Å²) in [6, 6.07) is 12.6. The topological polar surface area (TPSA) is 167 Å². The summed E-state index contributed by atoms with van der Waals surface area (Å²) in [6.45, 7) is 20.2. The minimum absolute atomic E-state index is 0.0816. The van der Waals surface area contributed by atoms with E-state index in [4.69, 9.17) is 23.7 Å². The van der Waals surface area contributed by atoms with Gasteiger partial charge in [-0.1, -0.05) is 103 Å². The van der Waals surface area contributed by atoms with Crippen molar-refractivity contribution in [2.75, 3.05) is 47.3 Å². The van der Waals surface area contributed by atoms with Crippen molar-refractivity contribution < 1.29 is 61.9 Å². The van der Waals surface area contributed by atoms with Crippen LogP contribution < -0.4 is 4.74 Å². The lowest BCUT2D eigenvalue weighted by molar-refractivity contribution is -0.163. The molecule has 13 nitrogen and oxygen atoms in total. The highest BCUT2D eigenvalue weighted by atomic mass is 16.6. The molecular formula is C55H74O13. The third-order valence-corrected chi connectivity index (χ3v) is 12.2. The van der Waals surface area contributed by atoms with Crippen molar-refractivity contribution in [3.63, 3.8) is 0 Å². The maximum atomic E-state index is 13.1. The van der Waals surface area contributed by atoms with Crippen LogP contribution in [0, 0.1) is 11.3 Å². The van der Waals surface area contributed by atoms with Gasteiger partial charge in [0, 0.05) is 22.3 Å². The average Bonchev–Trinajstić information content (AvgIpc) is 3.33. The molecular weight excluding hydrogens is 869 g/mol. The number of hydrogen-bond donors (Lipinski definition) is 0.